The SMILES string of the molecule is O=C(O)c1cncc(NCC2CCC2)n1. The van der Waals surface area contributed by atoms with Gasteiger partial charge in [-0.1, -0.05) is 6.42 Å². The molecule has 0 atom stereocenters. The van der Waals surface area contributed by atoms with Gasteiger partial charge in [0.15, 0.2) is 5.69 Å². The molecule has 0 aliphatic heterocycles. The highest BCUT2D eigenvalue weighted by Crippen LogP contribution is 2.26. The second-order valence-electron chi connectivity index (χ2n) is 3.77. The fourth-order valence-electron chi connectivity index (χ4n) is 1.50. The molecule has 5 heteroatoms. The van der Waals surface area contributed by atoms with Crippen molar-refractivity contribution in [3.8, 4) is 0 Å². The summed E-state index contributed by atoms with van der Waals surface area (Å²) in [5, 5.41) is 11.8. The third-order valence-corrected chi connectivity index (χ3v) is 2.65. The number of nitrogens with zero attached hydrogens (tertiary/aromatic N) is 2. The second kappa shape index (κ2) is 4.25. The van der Waals surface area contributed by atoms with Gasteiger partial charge in [0.1, 0.15) is 5.82 Å². The zero-order chi connectivity index (χ0) is 10.7. The fraction of sp³-hybridized carbons (Fsp3) is 0.500. The Kier molecular flexibility index (Phi) is 2.80. The van der Waals surface area contributed by atoms with E-state index in [1.54, 1.807) is 6.20 Å². The topological polar surface area (TPSA) is 75.1 Å². The summed E-state index contributed by atoms with van der Waals surface area (Å²) in [6.07, 6.45) is 6.59. The van der Waals surface area contributed by atoms with Crippen LogP contribution in [0.15, 0.2) is 12.4 Å². The van der Waals surface area contributed by atoms with Crippen molar-refractivity contribution >= 4 is 11.8 Å². The molecular formula is C10H13N3O2. The molecule has 0 radical (unpaired) electrons. The Bertz CT molecular complexity index is 363. The van der Waals surface area contributed by atoms with Gasteiger partial charge in [0.25, 0.3) is 0 Å². The minimum Gasteiger partial charge on any atom is -0.476 e. The molecule has 1 aliphatic carbocycles. The Labute approximate surface area is 87.6 Å². The zero-order valence-corrected chi connectivity index (χ0v) is 8.31. The first kappa shape index (κ1) is 9.89. The first-order valence-electron chi connectivity index (χ1n) is 5.05. The van der Waals surface area contributed by atoms with Crippen molar-refractivity contribution in [1.29, 1.82) is 0 Å². The number of aromatic nitrogens is 2. The van der Waals surface area contributed by atoms with Crippen LogP contribution < -0.4 is 5.32 Å². The van der Waals surface area contributed by atoms with Crippen molar-refractivity contribution < 1.29 is 9.90 Å². The van der Waals surface area contributed by atoms with E-state index in [-0.39, 0.29) is 5.69 Å². The van der Waals surface area contributed by atoms with Crippen LogP contribution in [0.2, 0.25) is 0 Å². The first-order valence-corrected chi connectivity index (χ1v) is 5.05. The van der Waals surface area contributed by atoms with E-state index >= 15 is 0 Å². The first-order chi connectivity index (χ1) is 7.25. The van der Waals surface area contributed by atoms with Crippen LogP contribution in [-0.4, -0.2) is 27.6 Å². The molecule has 1 aromatic rings. The highest BCUT2D eigenvalue weighted by molar-refractivity contribution is 5.85. The number of carbonyl (C=O) groups is 1. The maximum absolute atomic E-state index is 10.6. The van der Waals surface area contributed by atoms with Gasteiger partial charge in [-0.2, -0.15) is 0 Å². The normalized spacial score (nSPS) is 15.7. The number of hydrogen-bond donors (Lipinski definition) is 2. The van der Waals surface area contributed by atoms with E-state index in [0.29, 0.717) is 11.7 Å². The smallest absolute Gasteiger partial charge is 0.356 e. The van der Waals surface area contributed by atoms with Crippen LogP contribution in [0, 0.1) is 5.92 Å². The van der Waals surface area contributed by atoms with Crippen molar-refractivity contribution in [3.63, 3.8) is 0 Å². The van der Waals surface area contributed by atoms with Crippen LogP contribution in [0.25, 0.3) is 0 Å². The molecule has 15 heavy (non-hydrogen) atoms. The van der Waals surface area contributed by atoms with Crippen molar-refractivity contribution in [2.24, 2.45) is 5.92 Å². The highest BCUT2D eigenvalue weighted by Gasteiger charge is 2.17. The molecule has 1 fully saturated rings. The van der Waals surface area contributed by atoms with Crippen molar-refractivity contribution in [2.45, 2.75) is 19.3 Å². The molecule has 5 nitrogen and oxygen atoms in total. The van der Waals surface area contributed by atoms with Gasteiger partial charge >= 0.3 is 5.97 Å². The minimum atomic E-state index is -1.05. The molecule has 0 amide bonds. The molecule has 0 spiro atoms. The number of anilines is 1. The molecule has 0 bridgehead atoms. The number of carboxylic acids is 1. The minimum absolute atomic E-state index is 0.0198. The van der Waals surface area contributed by atoms with Crippen LogP contribution in [0.4, 0.5) is 5.82 Å². The Morgan fingerprint density at radius 2 is 2.33 bits per heavy atom. The summed E-state index contributed by atoms with van der Waals surface area (Å²) >= 11 is 0. The van der Waals surface area contributed by atoms with Crippen LogP contribution >= 0.6 is 0 Å². The van der Waals surface area contributed by atoms with E-state index in [9.17, 15) is 4.79 Å². The van der Waals surface area contributed by atoms with Gasteiger partial charge in [0, 0.05) is 6.54 Å². The summed E-state index contributed by atoms with van der Waals surface area (Å²) in [5.41, 5.74) is -0.0198. The van der Waals surface area contributed by atoms with E-state index < -0.39 is 5.97 Å². The lowest BCUT2D eigenvalue weighted by molar-refractivity contribution is 0.0690. The molecule has 0 saturated heterocycles. The average Bonchev–Trinajstić information content (AvgIpc) is 2.16. The van der Waals surface area contributed by atoms with Crippen molar-refractivity contribution in [1.82, 2.24) is 9.97 Å². The van der Waals surface area contributed by atoms with Gasteiger partial charge in [-0.25, -0.2) is 9.78 Å². The number of carboxylic acid groups (broad SMARTS) is 1. The van der Waals surface area contributed by atoms with Crippen LogP contribution in [0.3, 0.4) is 0 Å². The van der Waals surface area contributed by atoms with Crippen molar-refractivity contribution in [3.05, 3.63) is 18.1 Å². The molecule has 80 valence electrons. The lowest BCUT2D eigenvalue weighted by Gasteiger charge is -2.25. The maximum atomic E-state index is 10.6. The largest absolute Gasteiger partial charge is 0.476 e. The summed E-state index contributed by atoms with van der Waals surface area (Å²) in [7, 11) is 0. The van der Waals surface area contributed by atoms with Crippen molar-refractivity contribution in [2.75, 3.05) is 11.9 Å². The lowest BCUT2D eigenvalue weighted by Crippen LogP contribution is -2.21. The summed E-state index contributed by atoms with van der Waals surface area (Å²) < 4.78 is 0. The van der Waals surface area contributed by atoms with Gasteiger partial charge in [-0.05, 0) is 18.8 Å². The lowest BCUT2D eigenvalue weighted by atomic mass is 9.85. The molecule has 0 aromatic carbocycles. The predicted molar refractivity (Wildman–Crippen MR) is 54.8 cm³/mol. The summed E-state index contributed by atoms with van der Waals surface area (Å²) in [5.74, 6) is 0.205. The molecule has 2 rings (SSSR count). The number of aromatic carboxylic acids is 1. The molecule has 2 N–H and O–H groups in total. The number of rotatable bonds is 4. The van der Waals surface area contributed by atoms with Gasteiger partial charge in [0.05, 0.1) is 12.4 Å². The standard InChI is InChI=1S/C10H13N3O2/c14-10(15)8-5-11-6-9(13-8)12-4-7-2-1-3-7/h5-7H,1-4H2,(H,12,13)(H,14,15). The molecular weight excluding hydrogens is 194 g/mol. The summed E-state index contributed by atoms with van der Waals surface area (Å²) in [6, 6.07) is 0. The van der Waals surface area contributed by atoms with Gasteiger partial charge in [-0.3, -0.25) is 4.98 Å². The monoisotopic (exact) mass is 207 g/mol. The van der Waals surface area contributed by atoms with Crippen LogP contribution in [-0.2, 0) is 0 Å². The van der Waals surface area contributed by atoms with E-state index in [4.69, 9.17) is 5.11 Å². The zero-order valence-electron chi connectivity index (χ0n) is 8.31. The molecule has 1 aliphatic rings. The maximum Gasteiger partial charge on any atom is 0.356 e. The second-order valence-corrected chi connectivity index (χ2v) is 3.77. The third-order valence-electron chi connectivity index (χ3n) is 2.65. The Morgan fingerprint density at radius 3 is 2.93 bits per heavy atom. The average molecular weight is 207 g/mol. The van der Waals surface area contributed by atoms with E-state index in [2.05, 4.69) is 15.3 Å². The highest BCUT2D eigenvalue weighted by atomic mass is 16.4. The molecule has 1 aromatic heterocycles. The Balaban J connectivity index is 1.94. The Morgan fingerprint density at radius 1 is 1.53 bits per heavy atom. The van der Waals surface area contributed by atoms with E-state index in [1.807, 2.05) is 0 Å². The fourth-order valence-corrected chi connectivity index (χ4v) is 1.50. The van der Waals surface area contributed by atoms with Gasteiger partial charge < -0.3 is 10.4 Å². The third kappa shape index (κ3) is 2.43. The molecule has 1 heterocycles. The number of nitrogens with one attached hydrogen (secondary N) is 1. The summed E-state index contributed by atoms with van der Waals surface area (Å²) in [4.78, 5) is 18.4. The predicted octanol–water partition coefficient (Wildman–Crippen LogP) is 1.39. The van der Waals surface area contributed by atoms with Crippen LogP contribution in [0.1, 0.15) is 29.8 Å². The molecule has 0 unspecified atom stereocenters. The summed E-state index contributed by atoms with van der Waals surface area (Å²) in [6.45, 7) is 0.859. The van der Waals surface area contributed by atoms with Gasteiger partial charge in [-0.15, -0.1) is 0 Å². The van der Waals surface area contributed by atoms with E-state index in [0.717, 1.165) is 6.54 Å². The number of hydrogen-bond acceptors (Lipinski definition) is 4. The Hall–Kier alpha value is -1.65. The quantitative estimate of drug-likeness (QED) is 0.780. The van der Waals surface area contributed by atoms with Crippen LogP contribution in [0.5, 0.6) is 0 Å². The molecule has 1 saturated carbocycles. The van der Waals surface area contributed by atoms with E-state index in [1.165, 1.54) is 25.5 Å². The van der Waals surface area contributed by atoms with Gasteiger partial charge in [0.2, 0.25) is 0 Å².